The molecule has 0 aliphatic heterocycles. The molecule has 1 atom stereocenters. The van der Waals surface area contributed by atoms with Gasteiger partial charge in [0.05, 0.1) is 6.04 Å². The monoisotopic (exact) mass is 327 g/mol. The Morgan fingerprint density at radius 1 is 1.33 bits per heavy atom. The maximum Gasteiger partial charge on any atom is 0.138 e. The zero-order valence-electron chi connectivity index (χ0n) is 12.1. The summed E-state index contributed by atoms with van der Waals surface area (Å²) >= 11 is 12.2. The molecule has 0 bridgehead atoms. The van der Waals surface area contributed by atoms with Gasteiger partial charge in [0.25, 0.3) is 0 Å². The molecule has 21 heavy (non-hydrogen) atoms. The topological polar surface area (TPSA) is 68.8 Å². The average Bonchev–Trinajstić information content (AvgIpc) is 2.83. The first-order chi connectivity index (χ1) is 10.0. The lowest BCUT2D eigenvalue weighted by atomic mass is 10.0. The average molecular weight is 328 g/mol. The number of halogens is 2. The summed E-state index contributed by atoms with van der Waals surface area (Å²) in [5.74, 6) is 7.05. The number of aromatic nitrogens is 3. The molecule has 0 spiro atoms. The van der Waals surface area contributed by atoms with Crippen LogP contribution in [0, 0.1) is 5.92 Å². The molecule has 2 aromatic rings. The maximum absolute atomic E-state index is 6.24. The van der Waals surface area contributed by atoms with Crippen molar-refractivity contribution in [2.75, 3.05) is 0 Å². The van der Waals surface area contributed by atoms with E-state index < -0.39 is 0 Å². The molecule has 114 valence electrons. The number of nitrogens with zero attached hydrogens (tertiary/aromatic N) is 3. The van der Waals surface area contributed by atoms with E-state index >= 15 is 0 Å². The molecule has 0 fully saturated rings. The van der Waals surface area contributed by atoms with E-state index in [4.69, 9.17) is 29.0 Å². The minimum absolute atomic E-state index is 0.148. The molecule has 5 nitrogen and oxygen atoms in total. The Morgan fingerprint density at radius 2 is 2.10 bits per heavy atom. The molecule has 0 saturated carbocycles. The van der Waals surface area contributed by atoms with E-state index in [1.807, 2.05) is 10.7 Å². The second-order valence-corrected chi connectivity index (χ2v) is 6.19. The largest absolute Gasteiger partial charge is 0.271 e. The van der Waals surface area contributed by atoms with Crippen LogP contribution in [0.25, 0.3) is 0 Å². The molecule has 0 aliphatic rings. The Labute approximate surface area is 134 Å². The van der Waals surface area contributed by atoms with Crippen LogP contribution in [0.2, 0.25) is 10.0 Å². The normalized spacial score (nSPS) is 12.9. The summed E-state index contributed by atoms with van der Waals surface area (Å²) in [5, 5.41) is 5.44. The minimum atomic E-state index is -0.148. The van der Waals surface area contributed by atoms with E-state index in [0.29, 0.717) is 22.4 Å². The molecule has 2 rings (SSSR count). The van der Waals surface area contributed by atoms with Gasteiger partial charge in [-0.1, -0.05) is 43.1 Å². The maximum atomic E-state index is 6.24. The summed E-state index contributed by atoms with van der Waals surface area (Å²) in [7, 11) is 0. The lowest BCUT2D eigenvalue weighted by Crippen LogP contribution is -2.31. The minimum Gasteiger partial charge on any atom is -0.271 e. The van der Waals surface area contributed by atoms with Gasteiger partial charge in [-0.2, -0.15) is 5.10 Å². The molecule has 0 saturated heterocycles. The SMILES string of the molecule is CC(C)Cn1ncnc1CC(NN)c1ccc(Cl)cc1Cl. The Balaban J connectivity index is 2.21. The Bertz CT molecular complexity index is 597. The molecular formula is C14H19Cl2N5. The summed E-state index contributed by atoms with van der Waals surface area (Å²) in [6.07, 6.45) is 2.17. The highest BCUT2D eigenvalue weighted by molar-refractivity contribution is 6.35. The predicted molar refractivity (Wildman–Crippen MR) is 85.1 cm³/mol. The van der Waals surface area contributed by atoms with Gasteiger partial charge in [0.15, 0.2) is 0 Å². The van der Waals surface area contributed by atoms with Crippen LogP contribution in [0.3, 0.4) is 0 Å². The zero-order valence-corrected chi connectivity index (χ0v) is 13.6. The van der Waals surface area contributed by atoms with Crippen LogP contribution in [0.15, 0.2) is 24.5 Å². The summed E-state index contributed by atoms with van der Waals surface area (Å²) in [5.41, 5.74) is 3.68. The van der Waals surface area contributed by atoms with E-state index in [1.165, 1.54) is 0 Å². The van der Waals surface area contributed by atoms with Crippen molar-refractivity contribution in [3.63, 3.8) is 0 Å². The van der Waals surface area contributed by atoms with E-state index in [-0.39, 0.29) is 6.04 Å². The Morgan fingerprint density at radius 3 is 2.71 bits per heavy atom. The van der Waals surface area contributed by atoms with Gasteiger partial charge < -0.3 is 0 Å². The van der Waals surface area contributed by atoms with Gasteiger partial charge in [-0.05, 0) is 23.6 Å². The van der Waals surface area contributed by atoms with Gasteiger partial charge in [0.1, 0.15) is 12.2 Å². The van der Waals surface area contributed by atoms with Crippen LogP contribution < -0.4 is 11.3 Å². The summed E-state index contributed by atoms with van der Waals surface area (Å²) in [6, 6.07) is 5.23. The third-order valence-electron chi connectivity index (χ3n) is 3.16. The molecule has 1 aromatic heterocycles. The standard InChI is InChI=1S/C14H19Cl2N5/c1-9(2)7-21-14(18-8-19-21)6-13(20-17)11-4-3-10(15)5-12(11)16/h3-5,8-9,13,20H,6-7,17H2,1-2H3. The highest BCUT2D eigenvalue weighted by Crippen LogP contribution is 2.27. The summed E-state index contributed by atoms with van der Waals surface area (Å²) in [6.45, 7) is 5.10. The van der Waals surface area contributed by atoms with E-state index in [0.717, 1.165) is 17.9 Å². The first-order valence-corrected chi connectivity index (χ1v) is 7.54. The lowest BCUT2D eigenvalue weighted by molar-refractivity contribution is 0.446. The Kier molecular flexibility index (Phi) is 5.58. The smallest absolute Gasteiger partial charge is 0.138 e. The fourth-order valence-electron chi connectivity index (χ4n) is 2.17. The van der Waals surface area contributed by atoms with Crippen molar-refractivity contribution in [1.82, 2.24) is 20.2 Å². The first-order valence-electron chi connectivity index (χ1n) is 6.79. The van der Waals surface area contributed by atoms with Crippen molar-refractivity contribution in [2.24, 2.45) is 11.8 Å². The molecule has 0 amide bonds. The summed E-state index contributed by atoms with van der Waals surface area (Å²) < 4.78 is 1.90. The highest BCUT2D eigenvalue weighted by atomic mass is 35.5. The van der Waals surface area contributed by atoms with E-state index in [9.17, 15) is 0 Å². The van der Waals surface area contributed by atoms with Crippen LogP contribution in [0.5, 0.6) is 0 Å². The van der Waals surface area contributed by atoms with Crippen LogP contribution in [0.1, 0.15) is 31.3 Å². The second-order valence-electron chi connectivity index (χ2n) is 5.34. The highest BCUT2D eigenvalue weighted by Gasteiger charge is 2.18. The van der Waals surface area contributed by atoms with Crippen LogP contribution in [-0.2, 0) is 13.0 Å². The number of benzene rings is 1. The molecule has 0 radical (unpaired) electrons. The number of nitrogens with two attached hydrogens (primary N) is 1. The molecule has 1 heterocycles. The fraction of sp³-hybridized carbons (Fsp3) is 0.429. The van der Waals surface area contributed by atoms with Crippen molar-refractivity contribution in [3.8, 4) is 0 Å². The quantitative estimate of drug-likeness (QED) is 0.632. The number of nitrogens with one attached hydrogen (secondary N) is 1. The van der Waals surface area contributed by atoms with Crippen molar-refractivity contribution in [1.29, 1.82) is 0 Å². The van der Waals surface area contributed by atoms with Gasteiger partial charge in [0, 0.05) is 23.0 Å². The van der Waals surface area contributed by atoms with Crippen LogP contribution in [0.4, 0.5) is 0 Å². The Hall–Kier alpha value is -1.14. The van der Waals surface area contributed by atoms with Crippen molar-refractivity contribution < 1.29 is 0 Å². The molecule has 7 heteroatoms. The molecule has 1 unspecified atom stereocenters. The van der Waals surface area contributed by atoms with Gasteiger partial charge in [-0.15, -0.1) is 0 Å². The van der Waals surface area contributed by atoms with Crippen molar-refractivity contribution in [3.05, 3.63) is 46.0 Å². The van der Waals surface area contributed by atoms with E-state index in [1.54, 1.807) is 18.5 Å². The lowest BCUT2D eigenvalue weighted by Gasteiger charge is -2.18. The molecule has 1 aromatic carbocycles. The molecular weight excluding hydrogens is 309 g/mol. The van der Waals surface area contributed by atoms with Crippen LogP contribution in [-0.4, -0.2) is 14.8 Å². The van der Waals surface area contributed by atoms with E-state index in [2.05, 4.69) is 29.4 Å². The summed E-state index contributed by atoms with van der Waals surface area (Å²) in [4.78, 5) is 4.32. The zero-order chi connectivity index (χ0) is 15.4. The third-order valence-corrected chi connectivity index (χ3v) is 3.72. The number of hydrazine groups is 1. The van der Waals surface area contributed by atoms with Crippen molar-refractivity contribution in [2.45, 2.75) is 32.9 Å². The van der Waals surface area contributed by atoms with Gasteiger partial charge >= 0.3 is 0 Å². The van der Waals surface area contributed by atoms with Gasteiger partial charge in [0.2, 0.25) is 0 Å². The van der Waals surface area contributed by atoms with Gasteiger partial charge in [-0.25, -0.2) is 9.67 Å². The van der Waals surface area contributed by atoms with Gasteiger partial charge in [-0.3, -0.25) is 11.3 Å². The second kappa shape index (κ2) is 7.22. The number of hydrogen-bond acceptors (Lipinski definition) is 4. The number of hydrogen-bond donors (Lipinski definition) is 2. The third kappa shape index (κ3) is 4.17. The van der Waals surface area contributed by atoms with Crippen LogP contribution >= 0.6 is 23.2 Å². The fourth-order valence-corrected chi connectivity index (χ4v) is 2.71. The van der Waals surface area contributed by atoms with Crippen molar-refractivity contribution >= 4 is 23.2 Å². The first kappa shape index (κ1) is 16.2. The molecule has 0 aliphatic carbocycles. The predicted octanol–water partition coefficient (Wildman–Crippen LogP) is 2.99. The molecule has 3 N–H and O–H groups in total. The number of rotatable bonds is 6.